The maximum atomic E-state index is 10.4. The molecule has 1 unspecified atom stereocenters. The van der Waals surface area contributed by atoms with Gasteiger partial charge in [-0.2, -0.15) is 4.91 Å². The van der Waals surface area contributed by atoms with Crippen molar-refractivity contribution in [1.82, 2.24) is 0 Å². The van der Waals surface area contributed by atoms with E-state index in [0.29, 0.717) is 18.0 Å². The van der Waals surface area contributed by atoms with Gasteiger partial charge in [0.2, 0.25) is 0 Å². The zero-order valence-corrected chi connectivity index (χ0v) is 8.69. The Labute approximate surface area is 84.0 Å². The van der Waals surface area contributed by atoms with Gasteiger partial charge in [-0.1, -0.05) is 18.2 Å². The van der Waals surface area contributed by atoms with Gasteiger partial charge in [0.05, 0.1) is 6.54 Å². The quantitative estimate of drug-likeness (QED) is 0.389. The van der Waals surface area contributed by atoms with Crippen molar-refractivity contribution in [2.75, 3.05) is 6.54 Å². The number of aliphatic carboxylic acids is 1. The third-order valence-electron chi connectivity index (χ3n) is 2.11. The number of allylic oxidation sites excluding steroid dienone is 1. The van der Waals surface area contributed by atoms with Crippen molar-refractivity contribution in [3.63, 3.8) is 0 Å². The molecule has 0 aliphatic carbocycles. The van der Waals surface area contributed by atoms with Crippen LogP contribution in [0.4, 0.5) is 0 Å². The first kappa shape index (κ1) is 12.8. The first-order valence-electron chi connectivity index (χ1n) is 4.77. The molecule has 0 radical (unpaired) electrons. The van der Waals surface area contributed by atoms with Crippen LogP contribution < -0.4 is 0 Å². The zero-order chi connectivity index (χ0) is 11.0. The van der Waals surface area contributed by atoms with E-state index in [1.807, 2.05) is 6.92 Å². The van der Waals surface area contributed by atoms with E-state index in [-0.39, 0.29) is 0 Å². The molecule has 0 aromatic rings. The summed E-state index contributed by atoms with van der Waals surface area (Å²) in [7, 11) is 0. The molecule has 1 N–H and O–H groups in total. The summed E-state index contributed by atoms with van der Waals surface area (Å²) in [6, 6.07) is 0. The first-order chi connectivity index (χ1) is 6.57. The highest BCUT2D eigenvalue weighted by molar-refractivity contribution is 5.85. The molecule has 0 aliphatic heterocycles. The van der Waals surface area contributed by atoms with Crippen LogP contribution in [-0.2, 0) is 4.79 Å². The second-order valence-corrected chi connectivity index (χ2v) is 3.53. The molecule has 4 heteroatoms. The van der Waals surface area contributed by atoms with Gasteiger partial charge in [-0.3, -0.25) is 0 Å². The van der Waals surface area contributed by atoms with Crippen molar-refractivity contribution in [1.29, 1.82) is 0 Å². The molecule has 14 heavy (non-hydrogen) atoms. The minimum absolute atomic E-state index is 0.353. The lowest BCUT2D eigenvalue weighted by Gasteiger charge is -2.06. The Hall–Kier alpha value is -1.19. The Morgan fingerprint density at radius 2 is 2.21 bits per heavy atom. The lowest BCUT2D eigenvalue weighted by molar-refractivity contribution is -0.132. The molecule has 0 heterocycles. The second-order valence-electron chi connectivity index (χ2n) is 3.53. The van der Waals surface area contributed by atoms with E-state index in [1.54, 1.807) is 13.0 Å². The van der Waals surface area contributed by atoms with Crippen molar-refractivity contribution in [2.24, 2.45) is 11.1 Å². The van der Waals surface area contributed by atoms with Crippen LogP contribution in [0.3, 0.4) is 0 Å². The fraction of sp³-hybridized carbons (Fsp3) is 0.700. The number of carbonyl (C=O) groups is 1. The molecule has 0 aliphatic rings. The van der Waals surface area contributed by atoms with Crippen LogP contribution >= 0.6 is 0 Å². The summed E-state index contributed by atoms with van der Waals surface area (Å²) in [5.74, 6) is -0.460. The number of rotatable bonds is 7. The minimum Gasteiger partial charge on any atom is -0.478 e. The van der Waals surface area contributed by atoms with Gasteiger partial charge in [0.25, 0.3) is 0 Å². The van der Waals surface area contributed by atoms with Crippen molar-refractivity contribution in [2.45, 2.75) is 33.1 Å². The zero-order valence-electron chi connectivity index (χ0n) is 8.69. The number of hydrogen-bond donors (Lipinski definition) is 1. The summed E-state index contributed by atoms with van der Waals surface area (Å²) < 4.78 is 0. The minimum atomic E-state index is -0.869. The summed E-state index contributed by atoms with van der Waals surface area (Å²) in [6.07, 6.45) is 4.16. The SMILES string of the molecule is C/C(=C\CC(C)CCCN=O)C(=O)O. The van der Waals surface area contributed by atoms with E-state index in [0.717, 1.165) is 19.3 Å². The van der Waals surface area contributed by atoms with Crippen LogP contribution in [0, 0.1) is 10.8 Å². The van der Waals surface area contributed by atoms with E-state index < -0.39 is 5.97 Å². The topological polar surface area (TPSA) is 66.7 Å². The fourth-order valence-corrected chi connectivity index (χ4v) is 1.09. The molecule has 0 spiro atoms. The summed E-state index contributed by atoms with van der Waals surface area (Å²) >= 11 is 0. The number of nitrogens with zero attached hydrogens (tertiary/aromatic N) is 1. The van der Waals surface area contributed by atoms with Crippen LogP contribution in [0.2, 0.25) is 0 Å². The molecule has 80 valence electrons. The second kappa shape index (κ2) is 7.24. The van der Waals surface area contributed by atoms with Crippen LogP contribution in [0.1, 0.15) is 33.1 Å². The summed E-state index contributed by atoms with van der Waals surface area (Å²) in [6.45, 7) is 3.98. The molecule has 0 bridgehead atoms. The van der Waals surface area contributed by atoms with Gasteiger partial charge in [0.15, 0.2) is 0 Å². The van der Waals surface area contributed by atoms with Gasteiger partial charge in [-0.05, 0) is 32.1 Å². The standard InChI is InChI=1S/C10H17NO3/c1-8(4-3-7-11-14)5-6-9(2)10(12)13/h6,8H,3-5,7H2,1-2H3,(H,12,13)/b9-6+. The highest BCUT2D eigenvalue weighted by atomic mass is 16.4. The highest BCUT2D eigenvalue weighted by Gasteiger charge is 2.03. The van der Waals surface area contributed by atoms with Crippen LogP contribution in [-0.4, -0.2) is 17.6 Å². The van der Waals surface area contributed by atoms with Gasteiger partial charge in [-0.15, -0.1) is 0 Å². The van der Waals surface area contributed by atoms with Crippen molar-refractivity contribution >= 4 is 5.97 Å². The molecule has 0 aromatic heterocycles. The molecular formula is C10H17NO3. The number of nitroso groups, excluding NO2 is 1. The van der Waals surface area contributed by atoms with Gasteiger partial charge in [0.1, 0.15) is 0 Å². The molecule has 0 rings (SSSR count). The van der Waals surface area contributed by atoms with Crippen molar-refractivity contribution < 1.29 is 9.90 Å². The average Bonchev–Trinajstić information content (AvgIpc) is 2.14. The Balaban J connectivity index is 3.72. The maximum Gasteiger partial charge on any atom is 0.330 e. The Morgan fingerprint density at radius 1 is 1.57 bits per heavy atom. The normalized spacial score (nSPS) is 13.7. The monoisotopic (exact) mass is 199 g/mol. The molecule has 4 nitrogen and oxygen atoms in total. The lowest BCUT2D eigenvalue weighted by atomic mass is 10.0. The van der Waals surface area contributed by atoms with E-state index >= 15 is 0 Å². The highest BCUT2D eigenvalue weighted by Crippen LogP contribution is 2.12. The predicted molar refractivity (Wildman–Crippen MR) is 55.1 cm³/mol. The summed E-state index contributed by atoms with van der Waals surface area (Å²) in [4.78, 5) is 20.2. The first-order valence-corrected chi connectivity index (χ1v) is 4.77. The van der Waals surface area contributed by atoms with Crippen LogP contribution in [0.25, 0.3) is 0 Å². The fourth-order valence-electron chi connectivity index (χ4n) is 1.09. The van der Waals surface area contributed by atoms with E-state index in [1.165, 1.54) is 0 Å². The summed E-state index contributed by atoms with van der Waals surface area (Å²) in [5.41, 5.74) is 0.380. The largest absolute Gasteiger partial charge is 0.478 e. The molecular weight excluding hydrogens is 182 g/mol. The van der Waals surface area contributed by atoms with Crippen LogP contribution in [0.5, 0.6) is 0 Å². The molecule has 0 saturated heterocycles. The van der Waals surface area contributed by atoms with Gasteiger partial charge in [-0.25, -0.2) is 4.79 Å². The predicted octanol–water partition coefficient (Wildman–Crippen LogP) is 2.59. The van der Waals surface area contributed by atoms with Gasteiger partial charge >= 0.3 is 5.97 Å². The molecule has 0 aromatic carbocycles. The Morgan fingerprint density at radius 3 is 2.71 bits per heavy atom. The Bertz CT molecular complexity index is 223. The van der Waals surface area contributed by atoms with Crippen molar-refractivity contribution in [3.05, 3.63) is 16.6 Å². The average molecular weight is 199 g/mol. The number of carboxylic acid groups (broad SMARTS) is 1. The Kier molecular flexibility index (Phi) is 6.62. The molecule has 0 fully saturated rings. The molecule has 0 amide bonds. The van der Waals surface area contributed by atoms with Gasteiger partial charge in [0, 0.05) is 5.57 Å². The molecule has 0 saturated carbocycles. The molecule has 1 atom stereocenters. The van der Waals surface area contributed by atoms with Crippen LogP contribution in [0.15, 0.2) is 16.8 Å². The van der Waals surface area contributed by atoms with Gasteiger partial charge < -0.3 is 5.11 Å². The van der Waals surface area contributed by atoms with E-state index in [9.17, 15) is 9.70 Å². The smallest absolute Gasteiger partial charge is 0.330 e. The third kappa shape index (κ3) is 6.34. The maximum absolute atomic E-state index is 10.4. The van der Waals surface area contributed by atoms with E-state index in [4.69, 9.17) is 5.11 Å². The van der Waals surface area contributed by atoms with Crippen molar-refractivity contribution in [3.8, 4) is 0 Å². The lowest BCUT2D eigenvalue weighted by Crippen LogP contribution is -1.99. The number of carboxylic acids is 1. The van der Waals surface area contributed by atoms with E-state index in [2.05, 4.69) is 5.18 Å². The third-order valence-corrected chi connectivity index (χ3v) is 2.11. The number of hydrogen-bond acceptors (Lipinski definition) is 3. The summed E-state index contributed by atoms with van der Waals surface area (Å²) in [5, 5.41) is 11.4.